The molecular formula is C30H40O3. The fourth-order valence-electron chi connectivity index (χ4n) is 3.57. The van der Waals surface area contributed by atoms with Crippen LogP contribution in [0.2, 0.25) is 0 Å². The van der Waals surface area contributed by atoms with E-state index in [2.05, 4.69) is 36.4 Å². The van der Waals surface area contributed by atoms with Crippen molar-refractivity contribution in [1.29, 1.82) is 0 Å². The number of allylic oxidation sites excluding steroid dienone is 1. The fourth-order valence-corrected chi connectivity index (χ4v) is 3.57. The summed E-state index contributed by atoms with van der Waals surface area (Å²) in [6.07, 6.45) is 6.22. The summed E-state index contributed by atoms with van der Waals surface area (Å²) in [4.78, 5) is 0. The first-order valence-corrected chi connectivity index (χ1v) is 11.8. The van der Waals surface area contributed by atoms with Crippen LogP contribution in [0, 0.1) is 20.8 Å². The summed E-state index contributed by atoms with van der Waals surface area (Å²) < 4.78 is 5.31. The molecule has 3 aromatic rings. The predicted molar refractivity (Wildman–Crippen MR) is 142 cm³/mol. The van der Waals surface area contributed by atoms with Crippen molar-refractivity contribution in [3.8, 4) is 28.4 Å². The molecule has 3 rings (SSSR count). The van der Waals surface area contributed by atoms with Crippen molar-refractivity contribution < 1.29 is 14.9 Å². The zero-order valence-electron chi connectivity index (χ0n) is 21.5. The Balaban J connectivity index is 0.00000129. The molecule has 0 aliphatic carbocycles. The minimum Gasteiger partial charge on any atom is -0.508 e. The van der Waals surface area contributed by atoms with Crippen LogP contribution in [0.5, 0.6) is 17.2 Å². The lowest BCUT2D eigenvalue weighted by Gasteiger charge is -2.12. The minimum atomic E-state index is 0.163. The second-order valence-corrected chi connectivity index (χ2v) is 7.35. The van der Waals surface area contributed by atoms with Crippen LogP contribution in [0.4, 0.5) is 0 Å². The van der Waals surface area contributed by atoms with Crippen molar-refractivity contribution in [3.63, 3.8) is 0 Å². The maximum absolute atomic E-state index is 9.91. The number of hydrogen-bond donors (Lipinski definition) is 2. The average molecular weight is 449 g/mol. The molecule has 0 unspecified atom stereocenters. The molecule has 0 aliphatic rings. The number of hydrogen-bond acceptors (Lipinski definition) is 3. The lowest BCUT2D eigenvalue weighted by Crippen LogP contribution is -1.92. The lowest BCUT2D eigenvalue weighted by molar-refractivity contribution is 0.371. The van der Waals surface area contributed by atoms with E-state index in [-0.39, 0.29) is 5.75 Å². The van der Waals surface area contributed by atoms with E-state index in [4.69, 9.17) is 4.74 Å². The van der Waals surface area contributed by atoms with Gasteiger partial charge in [-0.1, -0.05) is 76.2 Å². The van der Waals surface area contributed by atoms with Crippen molar-refractivity contribution in [2.24, 2.45) is 0 Å². The molecule has 0 aliphatic heterocycles. The molecule has 0 saturated heterocycles. The van der Waals surface area contributed by atoms with Gasteiger partial charge >= 0.3 is 0 Å². The SMILES string of the molecule is CC.CC.COc1c(O)ccc(-c2ccc(CC/C=C/c3ccc(O)c(C)c3C)cc2)c1C. The summed E-state index contributed by atoms with van der Waals surface area (Å²) in [5.41, 5.74) is 7.57. The van der Waals surface area contributed by atoms with Crippen LogP contribution in [0.25, 0.3) is 17.2 Å². The highest BCUT2D eigenvalue weighted by Gasteiger charge is 2.11. The minimum absolute atomic E-state index is 0.163. The maximum atomic E-state index is 9.91. The molecule has 2 N–H and O–H groups in total. The highest BCUT2D eigenvalue weighted by Crippen LogP contribution is 2.36. The molecule has 0 heterocycles. The van der Waals surface area contributed by atoms with Gasteiger partial charge in [0.15, 0.2) is 11.5 Å². The lowest BCUT2D eigenvalue weighted by atomic mass is 9.97. The molecule has 0 bridgehead atoms. The van der Waals surface area contributed by atoms with E-state index in [9.17, 15) is 10.2 Å². The average Bonchev–Trinajstić information content (AvgIpc) is 2.85. The van der Waals surface area contributed by atoms with Crippen molar-refractivity contribution in [2.75, 3.05) is 7.11 Å². The second-order valence-electron chi connectivity index (χ2n) is 7.35. The molecule has 0 amide bonds. The zero-order chi connectivity index (χ0) is 25.0. The monoisotopic (exact) mass is 448 g/mol. The number of methoxy groups -OCH3 is 1. The number of aryl methyl sites for hydroxylation is 1. The van der Waals surface area contributed by atoms with Gasteiger partial charge in [-0.05, 0) is 79.1 Å². The predicted octanol–water partition coefficient (Wildman–Crippen LogP) is 8.40. The van der Waals surface area contributed by atoms with Crippen molar-refractivity contribution in [3.05, 3.63) is 82.4 Å². The van der Waals surface area contributed by atoms with E-state index in [1.54, 1.807) is 19.2 Å². The van der Waals surface area contributed by atoms with Gasteiger partial charge in [0, 0.05) is 5.56 Å². The molecule has 3 heteroatoms. The number of benzene rings is 3. The Kier molecular flexibility index (Phi) is 11.9. The van der Waals surface area contributed by atoms with E-state index in [0.717, 1.165) is 46.2 Å². The summed E-state index contributed by atoms with van der Waals surface area (Å²) in [5.74, 6) is 1.04. The molecule has 0 saturated carbocycles. The molecule has 178 valence electrons. The van der Waals surface area contributed by atoms with Gasteiger partial charge in [-0.3, -0.25) is 0 Å². The molecule has 0 aromatic heterocycles. The summed E-state index contributed by atoms with van der Waals surface area (Å²) in [5, 5.41) is 19.7. The summed E-state index contributed by atoms with van der Waals surface area (Å²) in [6.45, 7) is 13.9. The first kappa shape index (κ1) is 27.8. The third-order valence-corrected chi connectivity index (χ3v) is 5.55. The Labute approximate surface area is 200 Å². The van der Waals surface area contributed by atoms with Gasteiger partial charge in [-0.25, -0.2) is 0 Å². The van der Waals surface area contributed by atoms with Gasteiger partial charge in [-0.15, -0.1) is 0 Å². The maximum Gasteiger partial charge on any atom is 0.163 e. The number of aromatic hydroxyl groups is 2. The van der Waals surface area contributed by atoms with Crippen LogP contribution >= 0.6 is 0 Å². The molecule has 33 heavy (non-hydrogen) atoms. The zero-order valence-corrected chi connectivity index (χ0v) is 21.5. The van der Waals surface area contributed by atoms with Gasteiger partial charge in [-0.2, -0.15) is 0 Å². The van der Waals surface area contributed by atoms with Gasteiger partial charge in [0.05, 0.1) is 7.11 Å². The molecule has 3 nitrogen and oxygen atoms in total. The Morgan fingerprint density at radius 3 is 1.94 bits per heavy atom. The summed E-state index contributed by atoms with van der Waals surface area (Å²) >= 11 is 0. The van der Waals surface area contributed by atoms with Gasteiger partial charge in [0.25, 0.3) is 0 Å². The standard InChI is InChI=1S/C26H28O3.2C2H6/c1-17-18(2)24(27)15-13-21(17)8-6-5-7-20-9-11-22(12-10-20)23-14-16-25(28)26(29-4)19(23)3;2*1-2/h6,8-16,27-28H,5,7H2,1-4H3;2*1-2H3/b8-6+;;. The molecule has 0 atom stereocenters. The third-order valence-electron chi connectivity index (χ3n) is 5.55. The molecule has 0 spiro atoms. The van der Waals surface area contributed by atoms with Crippen LogP contribution in [-0.4, -0.2) is 17.3 Å². The first-order chi connectivity index (χ1) is 15.9. The fraction of sp³-hybridized carbons (Fsp3) is 0.333. The van der Waals surface area contributed by atoms with E-state index < -0.39 is 0 Å². The number of ether oxygens (including phenoxy) is 1. The quantitative estimate of drug-likeness (QED) is 0.398. The molecule has 0 radical (unpaired) electrons. The van der Waals surface area contributed by atoms with E-state index in [1.807, 2.05) is 60.6 Å². The van der Waals surface area contributed by atoms with Crippen LogP contribution in [0.3, 0.4) is 0 Å². The van der Waals surface area contributed by atoms with Crippen molar-refractivity contribution in [2.45, 2.75) is 61.3 Å². The number of phenols is 2. The Hall–Kier alpha value is -3.20. The van der Waals surface area contributed by atoms with Crippen LogP contribution in [-0.2, 0) is 6.42 Å². The highest BCUT2D eigenvalue weighted by atomic mass is 16.5. The number of rotatable bonds is 6. The number of phenolic OH excluding ortho intramolecular Hbond substituents is 2. The van der Waals surface area contributed by atoms with E-state index in [1.165, 1.54) is 5.56 Å². The van der Waals surface area contributed by atoms with Gasteiger partial charge in [0.1, 0.15) is 5.75 Å². The van der Waals surface area contributed by atoms with E-state index in [0.29, 0.717) is 11.5 Å². The first-order valence-electron chi connectivity index (χ1n) is 11.8. The normalized spacial score (nSPS) is 10.2. The van der Waals surface area contributed by atoms with Gasteiger partial charge < -0.3 is 14.9 Å². The van der Waals surface area contributed by atoms with Crippen molar-refractivity contribution in [1.82, 2.24) is 0 Å². The molecule has 3 aromatic carbocycles. The van der Waals surface area contributed by atoms with Crippen LogP contribution in [0.15, 0.2) is 54.6 Å². The largest absolute Gasteiger partial charge is 0.508 e. The third kappa shape index (κ3) is 7.15. The summed E-state index contributed by atoms with van der Waals surface area (Å²) in [7, 11) is 1.57. The Bertz CT molecular complexity index is 1030. The smallest absolute Gasteiger partial charge is 0.163 e. The second kappa shape index (κ2) is 14.1. The molecular weight excluding hydrogens is 408 g/mol. The highest BCUT2D eigenvalue weighted by molar-refractivity contribution is 5.72. The van der Waals surface area contributed by atoms with Crippen molar-refractivity contribution >= 4 is 6.08 Å². The topological polar surface area (TPSA) is 49.7 Å². The van der Waals surface area contributed by atoms with E-state index >= 15 is 0 Å². The van der Waals surface area contributed by atoms with Crippen LogP contribution in [0.1, 0.15) is 61.9 Å². The van der Waals surface area contributed by atoms with Gasteiger partial charge in [0.2, 0.25) is 0 Å². The summed E-state index contributed by atoms with van der Waals surface area (Å²) in [6, 6.07) is 15.8. The Morgan fingerprint density at radius 2 is 1.33 bits per heavy atom. The van der Waals surface area contributed by atoms with Crippen LogP contribution < -0.4 is 4.74 Å². The molecule has 0 fully saturated rings. The Morgan fingerprint density at radius 1 is 0.727 bits per heavy atom.